The molecule has 1 N–H and O–H groups in total. The topological polar surface area (TPSA) is 29.1 Å². The Labute approximate surface area is 88.3 Å². The van der Waals surface area contributed by atoms with Crippen molar-refractivity contribution in [2.75, 3.05) is 5.32 Å². The van der Waals surface area contributed by atoms with E-state index in [4.69, 9.17) is 11.6 Å². The molecule has 1 fully saturated rings. The Balaban J connectivity index is 1.97. The lowest BCUT2D eigenvalue weighted by molar-refractivity contribution is -0.117. The highest BCUT2D eigenvalue weighted by Crippen LogP contribution is 2.21. The summed E-state index contributed by atoms with van der Waals surface area (Å²) in [6, 6.07) is 7.88. The molecule has 0 aromatic heterocycles. The number of nitrogens with one attached hydrogen (secondary N) is 1. The highest BCUT2D eigenvalue weighted by Gasteiger charge is 2.21. The van der Waals surface area contributed by atoms with Crippen molar-refractivity contribution in [3.63, 3.8) is 0 Å². The fourth-order valence-electron chi connectivity index (χ4n) is 1.72. The van der Waals surface area contributed by atoms with E-state index in [1.165, 1.54) is 0 Å². The molecule has 14 heavy (non-hydrogen) atoms. The van der Waals surface area contributed by atoms with Crippen molar-refractivity contribution in [1.82, 2.24) is 0 Å². The molecule has 0 bridgehead atoms. The number of halogens is 1. The summed E-state index contributed by atoms with van der Waals surface area (Å²) in [7, 11) is 0. The van der Waals surface area contributed by atoms with E-state index in [2.05, 4.69) is 5.32 Å². The number of carbonyl (C=O) groups is 1. The maximum atomic E-state index is 11.0. The summed E-state index contributed by atoms with van der Waals surface area (Å²) in [5, 5.41) is 4.05. The van der Waals surface area contributed by atoms with E-state index >= 15 is 0 Å². The van der Waals surface area contributed by atoms with Crippen molar-refractivity contribution in [2.24, 2.45) is 0 Å². The monoisotopic (exact) mass is 209 g/mol. The van der Waals surface area contributed by atoms with Gasteiger partial charge in [-0.1, -0.05) is 11.6 Å². The van der Waals surface area contributed by atoms with E-state index in [1.807, 2.05) is 24.3 Å². The number of hydrogen-bond acceptors (Lipinski definition) is 2. The average Bonchev–Trinajstić information content (AvgIpc) is 2.56. The van der Waals surface area contributed by atoms with Crippen molar-refractivity contribution < 1.29 is 4.79 Å². The van der Waals surface area contributed by atoms with Gasteiger partial charge in [-0.2, -0.15) is 0 Å². The summed E-state index contributed by atoms with van der Waals surface area (Å²) < 4.78 is 0. The molecule has 1 aliphatic carbocycles. The van der Waals surface area contributed by atoms with Gasteiger partial charge in [0.2, 0.25) is 0 Å². The standard InChI is InChI=1S/C11H12ClNO/c12-8-1-3-9(4-2-8)13-10-5-6-11(14)7-10/h1-4,10,13H,5-7H2. The van der Waals surface area contributed by atoms with Crippen LogP contribution >= 0.6 is 11.6 Å². The van der Waals surface area contributed by atoms with Gasteiger partial charge in [0.15, 0.2) is 0 Å². The van der Waals surface area contributed by atoms with Crippen molar-refractivity contribution in [1.29, 1.82) is 0 Å². The van der Waals surface area contributed by atoms with E-state index in [0.29, 0.717) is 24.7 Å². The van der Waals surface area contributed by atoms with Gasteiger partial charge in [-0.05, 0) is 30.7 Å². The lowest BCUT2D eigenvalue weighted by Crippen LogP contribution is -2.15. The molecule has 0 aliphatic heterocycles. The van der Waals surface area contributed by atoms with Crippen LogP contribution in [-0.4, -0.2) is 11.8 Å². The largest absolute Gasteiger partial charge is 0.382 e. The second-order valence-electron chi connectivity index (χ2n) is 3.63. The maximum Gasteiger partial charge on any atom is 0.135 e. The normalized spacial score (nSPS) is 21.2. The first kappa shape index (κ1) is 9.53. The van der Waals surface area contributed by atoms with Crippen LogP contribution in [-0.2, 0) is 4.79 Å². The van der Waals surface area contributed by atoms with Gasteiger partial charge in [0.25, 0.3) is 0 Å². The fourth-order valence-corrected chi connectivity index (χ4v) is 1.85. The van der Waals surface area contributed by atoms with Gasteiger partial charge >= 0.3 is 0 Å². The predicted molar refractivity (Wildman–Crippen MR) is 57.7 cm³/mol. The number of hydrogen-bond donors (Lipinski definition) is 1. The number of ketones is 1. The molecule has 2 nitrogen and oxygen atoms in total. The number of carbonyl (C=O) groups excluding carboxylic acids is 1. The van der Waals surface area contributed by atoms with Gasteiger partial charge in [0, 0.05) is 29.6 Å². The Morgan fingerprint density at radius 1 is 1.29 bits per heavy atom. The van der Waals surface area contributed by atoms with Gasteiger partial charge in [0.05, 0.1) is 0 Å². The lowest BCUT2D eigenvalue weighted by Gasteiger charge is -2.12. The minimum atomic E-state index is 0.309. The summed E-state index contributed by atoms with van der Waals surface area (Å²) in [5.41, 5.74) is 1.04. The summed E-state index contributed by atoms with van der Waals surface area (Å²) >= 11 is 5.77. The molecule has 74 valence electrons. The van der Waals surface area contributed by atoms with Crippen LogP contribution in [0, 0.1) is 0 Å². The Morgan fingerprint density at radius 2 is 2.00 bits per heavy atom. The van der Waals surface area contributed by atoms with E-state index < -0.39 is 0 Å². The Hall–Kier alpha value is -1.02. The van der Waals surface area contributed by atoms with Gasteiger partial charge in [-0.3, -0.25) is 4.79 Å². The Morgan fingerprint density at radius 3 is 2.57 bits per heavy atom. The molecule has 1 unspecified atom stereocenters. The highest BCUT2D eigenvalue weighted by atomic mass is 35.5. The molecule has 0 spiro atoms. The molecular formula is C11H12ClNO. The van der Waals surface area contributed by atoms with Crippen LogP contribution in [0.2, 0.25) is 5.02 Å². The Kier molecular flexibility index (Phi) is 2.73. The first-order valence-corrected chi connectivity index (χ1v) is 5.15. The molecular weight excluding hydrogens is 198 g/mol. The molecule has 0 radical (unpaired) electrons. The van der Waals surface area contributed by atoms with E-state index in [0.717, 1.165) is 17.1 Å². The third kappa shape index (κ3) is 2.26. The summed E-state index contributed by atoms with van der Waals surface area (Å²) in [4.78, 5) is 11.0. The number of Topliss-reactive ketones (excluding diaryl/α,β-unsaturated/α-hetero) is 1. The molecule has 0 amide bonds. The predicted octanol–water partition coefficient (Wildman–Crippen LogP) is 2.87. The van der Waals surface area contributed by atoms with Crippen LogP contribution < -0.4 is 5.32 Å². The smallest absolute Gasteiger partial charge is 0.135 e. The molecule has 1 saturated carbocycles. The average molecular weight is 210 g/mol. The van der Waals surface area contributed by atoms with Crippen LogP contribution in [0.15, 0.2) is 24.3 Å². The number of rotatable bonds is 2. The third-order valence-corrected chi connectivity index (χ3v) is 2.71. The van der Waals surface area contributed by atoms with Crippen LogP contribution in [0.1, 0.15) is 19.3 Å². The zero-order valence-corrected chi connectivity index (χ0v) is 8.55. The molecule has 0 heterocycles. The zero-order valence-electron chi connectivity index (χ0n) is 7.79. The molecule has 1 aromatic rings. The van der Waals surface area contributed by atoms with Crippen molar-refractivity contribution in [3.8, 4) is 0 Å². The molecule has 1 atom stereocenters. The van der Waals surface area contributed by atoms with Gasteiger partial charge in [-0.15, -0.1) is 0 Å². The van der Waals surface area contributed by atoms with Crippen LogP contribution in [0.4, 0.5) is 5.69 Å². The highest BCUT2D eigenvalue weighted by molar-refractivity contribution is 6.30. The minimum absolute atomic E-state index is 0.309. The zero-order chi connectivity index (χ0) is 9.97. The molecule has 0 saturated heterocycles. The minimum Gasteiger partial charge on any atom is -0.382 e. The van der Waals surface area contributed by atoms with Crippen molar-refractivity contribution in [3.05, 3.63) is 29.3 Å². The van der Waals surface area contributed by atoms with E-state index in [-0.39, 0.29) is 0 Å². The van der Waals surface area contributed by atoms with Gasteiger partial charge < -0.3 is 5.32 Å². The summed E-state index contributed by atoms with van der Waals surface area (Å²) in [6.45, 7) is 0. The quantitative estimate of drug-likeness (QED) is 0.812. The first-order chi connectivity index (χ1) is 6.74. The molecule has 1 aliphatic rings. The van der Waals surface area contributed by atoms with Crippen LogP contribution in [0.25, 0.3) is 0 Å². The second kappa shape index (κ2) is 4.01. The van der Waals surface area contributed by atoms with Crippen molar-refractivity contribution in [2.45, 2.75) is 25.3 Å². The number of anilines is 1. The summed E-state index contributed by atoms with van der Waals surface area (Å²) in [6.07, 6.45) is 2.31. The molecule has 1 aromatic carbocycles. The fraction of sp³-hybridized carbons (Fsp3) is 0.364. The van der Waals surface area contributed by atoms with Crippen molar-refractivity contribution >= 4 is 23.1 Å². The lowest BCUT2D eigenvalue weighted by atomic mass is 10.2. The van der Waals surface area contributed by atoms with E-state index in [1.54, 1.807) is 0 Å². The van der Waals surface area contributed by atoms with Crippen LogP contribution in [0.3, 0.4) is 0 Å². The Bertz CT molecular complexity index is 334. The first-order valence-electron chi connectivity index (χ1n) is 4.78. The number of benzene rings is 1. The van der Waals surface area contributed by atoms with Gasteiger partial charge in [0.1, 0.15) is 5.78 Å². The second-order valence-corrected chi connectivity index (χ2v) is 4.07. The third-order valence-electron chi connectivity index (χ3n) is 2.46. The maximum absolute atomic E-state index is 11.0. The van der Waals surface area contributed by atoms with Gasteiger partial charge in [-0.25, -0.2) is 0 Å². The summed E-state index contributed by atoms with van der Waals surface area (Å²) in [5.74, 6) is 0.358. The SMILES string of the molecule is O=C1CCC(Nc2ccc(Cl)cc2)C1. The molecule has 3 heteroatoms. The van der Waals surface area contributed by atoms with Crippen LogP contribution in [0.5, 0.6) is 0 Å². The van der Waals surface area contributed by atoms with E-state index in [9.17, 15) is 4.79 Å². The molecule has 2 rings (SSSR count).